The summed E-state index contributed by atoms with van der Waals surface area (Å²) in [6.07, 6.45) is 3.22. The molecule has 0 bridgehead atoms. The van der Waals surface area contributed by atoms with Crippen molar-refractivity contribution < 1.29 is 13.2 Å². The van der Waals surface area contributed by atoms with E-state index in [2.05, 4.69) is 16.3 Å². The fourth-order valence-electron chi connectivity index (χ4n) is 1.08. The standard InChI is InChI=1S/C10H13ClN2O3S/c1-2-16-7-3-5-13-17(14,15)9-4-6-12-10(11)8-9/h2,4,6,8,13H,1,3,5,7H2. The number of sulfonamides is 1. The van der Waals surface area contributed by atoms with E-state index in [0.717, 1.165) is 0 Å². The highest BCUT2D eigenvalue weighted by Gasteiger charge is 2.13. The molecule has 7 heteroatoms. The molecule has 17 heavy (non-hydrogen) atoms. The smallest absolute Gasteiger partial charge is 0.240 e. The topological polar surface area (TPSA) is 68.3 Å². The minimum atomic E-state index is -3.53. The van der Waals surface area contributed by atoms with Crippen LogP contribution in [0.25, 0.3) is 0 Å². The summed E-state index contributed by atoms with van der Waals surface area (Å²) < 4.78 is 30.8. The molecule has 0 aromatic carbocycles. The van der Waals surface area contributed by atoms with E-state index in [1.54, 1.807) is 0 Å². The zero-order chi connectivity index (χ0) is 12.7. The third-order valence-electron chi connectivity index (χ3n) is 1.86. The molecule has 94 valence electrons. The van der Waals surface area contributed by atoms with Crippen molar-refractivity contribution in [1.29, 1.82) is 0 Å². The maximum Gasteiger partial charge on any atom is 0.240 e. The molecule has 0 spiro atoms. The van der Waals surface area contributed by atoms with Crippen LogP contribution in [0.5, 0.6) is 0 Å². The van der Waals surface area contributed by atoms with Crippen molar-refractivity contribution in [3.05, 3.63) is 36.3 Å². The Bertz CT molecular complexity index is 476. The summed E-state index contributed by atoms with van der Waals surface area (Å²) in [5.41, 5.74) is 0. The van der Waals surface area contributed by atoms with E-state index in [0.29, 0.717) is 13.0 Å². The summed E-state index contributed by atoms with van der Waals surface area (Å²) in [5.74, 6) is 0. The first-order valence-electron chi connectivity index (χ1n) is 4.90. The molecule has 0 unspecified atom stereocenters. The summed E-state index contributed by atoms with van der Waals surface area (Å²) >= 11 is 5.62. The van der Waals surface area contributed by atoms with E-state index in [9.17, 15) is 8.42 Å². The van der Waals surface area contributed by atoms with Crippen molar-refractivity contribution in [1.82, 2.24) is 9.71 Å². The number of nitrogens with zero attached hydrogens (tertiary/aromatic N) is 1. The maximum atomic E-state index is 11.8. The van der Waals surface area contributed by atoms with E-state index in [-0.39, 0.29) is 16.6 Å². The molecule has 1 N–H and O–H groups in total. The number of ether oxygens (including phenoxy) is 1. The zero-order valence-electron chi connectivity index (χ0n) is 9.10. The van der Waals surface area contributed by atoms with Gasteiger partial charge in [0.2, 0.25) is 10.0 Å². The molecule has 5 nitrogen and oxygen atoms in total. The van der Waals surface area contributed by atoms with Gasteiger partial charge in [0.25, 0.3) is 0 Å². The lowest BCUT2D eigenvalue weighted by Crippen LogP contribution is -2.25. The Kier molecular flexibility index (Phi) is 5.40. The van der Waals surface area contributed by atoms with Crippen LogP contribution in [0.15, 0.2) is 36.1 Å². The highest BCUT2D eigenvalue weighted by atomic mass is 35.5. The van der Waals surface area contributed by atoms with Crippen molar-refractivity contribution in [3.63, 3.8) is 0 Å². The molecule has 0 aliphatic heterocycles. The van der Waals surface area contributed by atoms with Crippen LogP contribution >= 0.6 is 11.6 Å². The Morgan fingerprint density at radius 3 is 3.00 bits per heavy atom. The van der Waals surface area contributed by atoms with E-state index in [4.69, 9.17) is 16.3 Å². The second-order valence-corrected chi connectivity index (χ2v) is 5.26. The van der Waals surface area contributed by atoms with Gasteiger partial charge >= 0.3 is 0 Å². The molecule has 0 radical (unpaired) electrons. The van der Waals surface area contributed by atoms with Gasteiger partial charge in [-0.2, -0.15) is 0 Å². The molecule has 1 aromatic heterocycles. The summed E-state index contributed by atoms with van der Waals surface area (Å²) in [6.45, 7) is 4.09. The third-order valence-corrected chi connectivity index (χ3v) is 3.52. The van der Waals surface area contributed by atoms with Gasteiger partial charge in [-0.1, -0.05) is 18.2 Å². The van der Waals surface area contributed by atoms with Gasteiger partial charge in [0.05, 0.1) is 17.8 Å². The van der Waals surface area contributed by atoms with Crippen LogP contribution in [0.2, 0.25) is 5.15 Å². The summed E-state index contributed by atoms with van der Waals surface area (Å²) in [5, 5.41) is 0.142. The lowest BCUT2D eigenvalue weighted by Gasteiger charge is -2.06. The predicted octanol–water partition coefficient (Wildman–Crippen LogP) is 1.56. The minimum Gasteiger partial charge on any atom is -0.502 e. The Morgan fingerprint density at radius 1 is 1.59 bits per heavy atom. The van der Waals surface area contributed by atoms with Crippen molar-refractivity contribution in [3.8, 4) is 0 Å². The van der Waals surface area contributed by atoms with E-state index < -0.39 is 10.0 Å². The van der Waals surface area contributed by atoms with Crippen LogP contribution in [0, 0.1) is 0 Å². The molecule has 0 aliphatic rings. The first-order chi connectivity index (χ1) is 8.06. The number of hydrogen-bond acceptors (Lipinski definition) is 4. The fraction of sp³-hybridized carbons (Fsp3) is 0.300. The highest BCUT2D eigenvalue weighted by Crippen LogP contribution is 2.12. The Labute approximate surface area is 106 Å². The number of hydrogen-bond donors (Lipinski definition) is 1. The number of rotatable bonds is 7. The molecule has 0 atom stereocenters. The normalized spacial score (nSPS) is 11.1. The number of aromatic nitrogens is 1. The van der Waals surface area contributed by atoms with Gasteiger partial charge in [0, 0.05) is 12.7 Å². The van der Waals surface area contributed by atoms with Gasteiger partial charge in [-0.15, -0.1) is 0 Å². The van der Waals surface area contributed by atoms with Crippen LogP contribution in [0.1, 0.15) is 6.42 Å². The van der Waals surface area contributed by atoms with Gasteiger partial charge in [0.1, 0.15) is 5.15 Å². The molecule has 1 rings (SSSR count). The van der Waals surface area contributed by atoms with Crippen LogP contribution in [-0.4, -0.2) is 26.6 Å². The van der Waals surface area contributed by atoms with Crippen LogP contribution in [-0.2, 0) is 14.8 Å². The summed E-state index contributed by atoms with van der Waals surface area (Å²) in [6, 6.07) is 2.68. The largest absolute Gasteiger partial charge is 0.502 e. The monoisotopic (exact) mass is 276 g/mol. The molecule has 0 fully saturated rings. The quantitative estimate of drug-likeness (QED) is 0.466. The number of nitrogens with one attached hydrogen (secondary N) is 1. The second-order valence-electron chi connectivity index (χ2n) is 3.10. The average molecular weight is 277 g/mol. The van der Waals surface area contributed by atoms with Crippen molar-refractivity contribution in [2.24, 2.45) is 0 Å². The SMILES string of the molecule is C=COCCCNS(=O)(=O)c1ccnc(Cl)c1. The van der Waals surface area contributed by atoms with Crippen LogP contribution < -0.4 is 4.72 Å². The highest BCUT2D eigenvalue weighted by molar-refractivity contribution is 7.89. The second kappa shape index (κ2) is 6.58. The summed E-state index contributed by atoms with van der Waals surface area (Å²) in [7, 11) is -3.53. The number of halogens is 1. The average Bonchev–Trinajstić information content (AvgIpc) is 2.29. The maximum absolute atomic E-state index is 11.8. The van der Waals surface area contributed by atoms with Crippen LogP contribution in [0.3, 0.4) is 0 Å². The van der Waals surface area contributed by atoms with E-state index in [1.807, 2.05) is 0 Å². The Morgan fingerprint density at radius 2 is 2.35 bits per heavy atom. The summed E-state index contributed by atoms with van der Waals surface area (Å²) in [4.78, 5) is 3.82. The van der Waals surface area contributed by atoms with Gasteiger partial charge in [-0.3, -0.25) is 0 Å². The van der Waals surface area contributed by atoms with Gasteiger partial charge in [-0.05, 0) is 18.6 Å². The predicted molar refractivity (Wildman–Crippen MR) is 65.2 cm³/mol. The van der Waals surface area contributed by atoms with Gasteiger partial charge in [0.15, 0.2) is 0 Å². The zero-order valence-corrected chi connectivity index (χ0v) is 10.7. The Balaban J connectivity index is 2.54. The van der Waals surface area contributed by atoms with Gasteiger partial charge in [-0.25, -0.2) is 18.1 Å². The number of pyridine rings is 1. The molecule has 0 aliphatic carbocycles. The molecule has 1 aromatic rings. The first-order valence-corrected chi connectivity index (χ1v) is 6.76. The first kappa shape index (κ1) is 14.0. The molecule has 0 saturated heterocycles. The van der Waals surface area contributed by atoms with E-state index >= 15 is 0 Å². The van der Waals surface area contributed by atoms with Gasteiger partial charge < -0.3 is 4.74 Å². The lowest BCUT2D eigenvalue weighted by molar-refractivity contribution is 0.247. The van der Waals surface area contributed by atoms with Crippen molar-refractivity contribution >= 4 is 21.6 Å². The molecule has 1 heterocycles. The molecular formula is C10H13ClN2O3S. The fourth-order valence-corrected chi connectivity index (χ4v) is 2.41. The molecular weight excluding hydrogens is 264 g/mol. The molecule has 0 amide bonds. The lowest BCUT2D eigenvalue weighted by atomic mass is 10.5. The third kappa shape index (κ3) is 4.72. The molecule has 0 saturated carbocycles. The van der Waals surface area contributed by atoms with Crippen LogP contribution in [0.4, 0.5) is 0 Å². The minimum absolute atomic E-state index is 0.0992. The van der Waals surface area contributed by atoms with Crippen molar-refractivity contribution in [2.75, 3.05) is 13.2 Å². The van der Waals surface area contributed by atoms with E-state index in [1.165, 1.54) is 24.6 Å². The Hall–Kier alpha value is -1.11. The van der Waals surface area contributed by atoms with Crippen molar-refractivity contribution in [2.45, 2.75) is 11.3 Å².